The zero-order valence-corrected chi connectivity index (χ0v) is 15.6. The third-order valence-corrected chi connectivity index (χ3v) is 5.73. The highest BCUT2D eigenvalue weighted by molar-refractivity contribution is 6.06. The van der Waals surface area contributed by atoms with Gasteiger partial charge in [0.2, 0.25) is 0 Å². The molecule has 1 saturated carbocycles. The van der Waals surface area contributed by atoms with Gasteiger partial charge in [-0.1, -0.05) is 42.5 Å². The zero-order chi connectivity index (χ0) is 19.5. The summed E-state index contributed by atoms with van der Waals surface area (Å²) in [6.45, 7) is 0. The third kappa shape index (κ3) is 3.91. The highest BCUT2D eigenvalue weighted by Crippen LogP contribution is 2.36. The lowest BCUT2D eigenvalue weighted by atomic mass is 9.79. The molecule has 3 aromatic carbocycles. The summed E-state index contributed by atoms with van der Waals surface area (Å²) in [7, 11) is 0. The molecule has 0 bridgehead atoms. The first-order chi connectivity index (χ1) is 13.6. The number of carboxylic acids is 1. The molecule has 2 N–H and O–H groups in total. The third-order valence-electron chi connectivity index (χ3n) is 5.73. The summed E-state index contributed by atoms with van der Waals surface area (Å²) in [4.78, 5) is 23.7. The second kappa shape index (κ2) is 7.85. The maximum atomic E-state index is 12.6. The lowest BCUT2D eigenvalue weighted by molar-refractivity contribution is -0.142. The van der Waals surface area contributed by atoms with Gasteiger partial charge in [-0.25, -0.2) is 0 Å². The van der Waals surface area contributed by atoms with Crippen molar-refractivity contribution in [2.24, 2.45) is 5.92 Å². The molecule has 142 valence electrons. The Morgan fingerprint density at radius 1 is 0.821 bits per heavy atom. The first-order valence-corrected chi connectivity index (χ1v) is 9.73. The van der Waals surface area contributed by atoms with Gasteiger partial charge in [-0.05, 0) is 72.2 Å². The fraction of sp³-hybridized carbons (Fsp3) is 0.250. The lowest BCUT2D eigenvalue weighted by Crippen LogP contribution is -2.20. The van der Waals surface area contributed by atoms with Crippen LogP contribution in [0.25, 0.3) is 10.8 Å². The zero-order valence-electron chi connectivity index (χ0n) is 15.6. The SMILES string of the molecule is O=C(Nc1ccc([C@H]2CC[C@@H](C(=O)O)CC2)cc1)c1ccc2ccccc2c1. The van der Waals surface area contributed by atoms with E-state index in [9.17, 15) is 9.59 Å². The minimum atomic E-state index is -0.676. The molecule has 0 atom stereocenters. The quantitative estimate of drug-likeness (QED) is 0.639. The largest absolute Gasteiger partial charge is 0.481 e. The highest BCUT2D eigenvalue weighted by atomic mass is 16.4. The van der Waals surface area contributed by atoms with Gasteiger partial charge >= 0.3 is 5.97 Å². The molecule has 1 fully saturated rings. The van der Waals surface area contributed by atoms with E-state index in [1.165, 1.54) is 5.56 Å². The summed E-state index contributed by atoms with van der Waals surface area (Å²) in [6, 6.07) is 21.6. The number of anilines is 1. The molecule has 0 saturated heterocycles. The summed E-state index contributed by atoms with van der Waals surface area (Å²) >= 11 is 0. The van der Waals surface area contributed by atoms with Gasteiger partial charge in [-0.15, -0.1) is 0 Å². The van der Waals surface area contributed by atoms with Crippen LogP contribution < -0.4 is 5.32 Å². The van der Waals surface area contributed by atoms with Crippen molar-refractivity contribution < 1.29 is 14.7 Å². The van der Waals surface area contributed by atoms with Gasteiger partial charge in [-0.2, -0.15) is 0 Å². The van der Waals surface area contributed by atoms with Gasteiger partial charge in [-0.3, -0.25) is 9.59 Å². The molecule has 4 nitrogen and oxygen atoms in total. The number of aliphatic carboxylic acids is 1. The Morgan fingerprint density at radius 2 is 1.50 bits per heavy atom. The molecule has 4 rings (SSSR count). The summed E-state index contributed by atoms with van der Waals surface area (Å²) < 4.78 is 0. The van der Waals surface area contributed by atoms with Crippen molar-refractivity contribution in [2.45, 2.75) is 31.6 Å². The summed E-state index contributed by atoms with van der Waals surface area (Å²) in [6.07, 6.45) is 3.28. The number of hydrogen-bond donors (Lipinski definition) is 2. The van der Waals surface area contributed by atoms with Gasteiger partial charge < -0.3 is 10.4 Å². The van der Waals surface area contributed by atoms with E-state index >= 15 is 0 Å². The van der Waals surface area contributed by atoms with E-state index in [4.69, 9.17) is 5.11 Å². The van der Waals surface area contributed by atoms with E-state index in [2.05, 4.69) is 5.32 Å². The number of nitrogens with one attached hydrogen (secondary N) is 1. The summed E-state index contributed by atoms with van der Waals surface area (Å²) in [5.74, 6) is -0.594. The van der Waals surface area contributed by atoms with Crippen LogP contribution in [-0.4, -0.2) is 17.0 Å². The van der Waals surface area contributed by atoms with Crippen LogP contribution in [0, 0.1) is 5.92 Å². The highest BCUT2D eigenvalue weighted by Gasteiger charge is 2.26. The van der Waals surface area contributed by atoms with E-state index in [-0.39, 0.29) is 11.8 Å². The van der Waals surface area contributed by atoms with Gasteiger partial charge in [0.15, 0.2) is 0 Å². The van der Waals surface area contributed by atoms with E-state index in [0.29, 0.717) is 11.5 Å². The average molecular weight is 373 g/mol. The standard InChI is InChI=1S/C24H23NO3/c26-23(21-10-7-16-3-1-2-4-20(16)15-21)25-22-13-11-18(12-14-22)17-5-8-19(9-6-17)24(27)28/h1-4,7,10-15,17,19H,5-6,8-9H2,(H,25,26)(H,27,28)/t17-,19+. The minimum Gasteiger partial charge on any atom is -0.481 e. The number of fused-ring (bicyclic) bond motifs is 1. The molecule has 1 aliphatic rings. The number of amides is 1. The number of benzene rings is 3. The van der Waals surface area contributed by atoms with Crippen LogP contribution >= 0.6 is 0 Å². The first-order valence-electron chi connectivity index (χ1n) is 9.73. The number of carbonyl (C=O) groups excluding carboxylic acids is 1. The molecule has 0 radical (unpaired) electrons. The van der Waals surface area contributed by atoms with Crippen molar-refractivity contribution in [3.05, 3.63) is 77.9 Å². The van der Waals surface area contributed by atoms with E-state index in [1.54, 1.807) is 0 Å². The van der Waals surface area contributed by atoms with E-state index < -0.39 is 5.97 Å². The second-order valence-electron chi connectivity index (χ2n) is 7.52. The predicted molar refractivity (Wildman–Crippen MR) is 111 cm³/mol. The predicted octanol–water partition coefficient (Wildman–Crippen LogP) is 5.45. The Hall–Kier alpha value is -3.14. The maximum absolute atomic E-state index is 12.6. The fourth-order valence-corrected chi connectivity index (χ4v) is 4.05. The molecule has 0 heterocycles. The van der Waals surface area contributed by atoms with Crippen molar-refractivity contribution in [1.29, 1.82) is 0 Å². The molecule has 0 spiro atoms. The van der Waals surface area contributed by atoms with E-state index in [0.717, 1.165) is 42.1 Å². The van der Waals surface area contributed by atoms with Crippen LogP contribution in [-0.2, 0) is 4.79 Å². The molecule has 28 heavy (non-hydrogen) atoms. The molecule has 0 aliphatic heterocycles. The Morgan fingerprint density at radius 3 is 2.18 bits per heavy atom. The van der Waals surface area contributed by atoms with Crippen LogP contribution in [0.5, 0.6) is 0 Å². The topological polar surface area (TPSA) is 66.4 Å². The van der Waals surface area contributed by atoms with Crippen molar-refractivity contribution in [2.75, 3.05) is 5.32 Å². The number of hydrogen-bond acceptors (Lipinski definition) is 2. The smallest absolute Gasteiger partial charge is 0.306 e. The fourth-order valence-electron chi connectivity index (χ4n) is 4.05. The van der Waals surface area contributed by atoms with Crippen molar-refractivity contribution in [1.82, 2.24) is 0 Å². The molecular formula is C24H23NO3. The average Bonchev–Trinajstić information content (AvgIpc) is 2.74. The first kappa shape index (κ1) is 18.2. The monoisotopic (exact) mass is 373 g/mol. The normalized spacial score (nSPS) is 19.3. The summed E-state index contributed by atoms with van der Waals surface area (Å²) in [5, 5.41) is 14.2. The second-order valence-corrected chi connectivity index (χ2v) is 7.52. The molecule has 3 aromatic rings. The van der Waals surface area contributed by atoms with E-state index in [1.807, 2.05) is 66.7 Å². The van der Waals surface area contributed by atoms with Crippen molar-refractivity contribution >= 4 is 28.3 Å². The number of carbonyl (C=O) groups is 2. The lowest BCUT2D eigenvalue weighted by Gasteiger charge is -2.26. The Kier molecular flexibility index (Phi) is 5.11. The Labute approximate surface area is 164 Å². The maximum Gasteiger partial charge on any atom is 0.306 e. The molecule has 0 unspecified atom stereocenters. The van der Waals surface area contributed by atoms with Gasteiger partial charge in [0.05, 0.1) is 5.92 Å². The number of rotatable bonds is 4. The number of carboxylic acid groups (broad SMARTS) is 1. The molecule has 1 amide bonds. The van der Waals surface area contributed by atoms with Crippen molar-refractivity contribution in [3.8, 4) is 0 Å². The Bertz CT molecular complexity index is 1000. The van der Waals surface area contributed by atoms with Gasteiger partial charge in [0.25, 0.3) is 5.91 Å². The van der Waals surface area contributed by atoms with Gasteiger partial charge in [0, 0.05) is 11.3 Å². The van der Waals surface area contributed by atoms with Crippen LogP contribution in [0.3, 0.4) is 0 Å². The van der Waals surface area contributed by atoms with Crippen LogP contribution in [0.15, 0.2) is 66.7 Å². The molecule has 1 aliphatic carbocycles. The van der Waals surface area contributed by atoms with Crippen LogP contribution in [0.2, 0.25) is 0 Å². The van der Waals surface area contributed by atoms with Crippen molar-refractivity contribution in [3.63, 3.8) is 0 Å². The molecule has 0 aromatic heterocycles. The van der Waals surface area contributed by atoms with Gasteiger partial charge in [0.1, 0.15) is 0 Å². The van der Waals surface area contributed by atoms with Crippen LogP contribution in [0.4, 0.5) is 5.69 Å². The molecular weight excluding hydrogens is 350 g/mol. The Balaban J connectivity index is 1.41. The minimum absolute atomic E-state index is 0.125. The summed E-state index contributed by atoms with van der Waals surface area (Å²) in [5.41, 5.74) is 2.61. The van der Waals surface area contributed by atoms with Crippen LogP contribution in [0.1, 0.15) is 47.5 Å². The molecule has 4 heteroatoms.